The van der Waals surface area contributed by atoms with Gasteiger partial charge in [-0.05, 0) is 24.6 Å². The van der Waals surface area contributed by atoms with Gasteiger partial charge in [-0.25, -0.2) is 4.68 Å². The first-order chi connectivity index (χ1) is 8.15. The van der Waals surface area contributed by atoms with Crippen molar-refractivity contribution in [2.24, 2.45) is 0 Å². The third kappa shape index (κ3) is 2.22. The van der Waals surface area contributed by atoms with Crippen molar-refractivity contribution >= 4 is 17.4 Å². The third-order valence-electron chi connectivity index (χ3n) is 2.53. The Morgan fingerprint density at radius 1 is 1.41 bits per heavy atom. The van der Waals surface area contributed by atoms with Gasteiger partial charge in [0.15, 0.2) is 0 Å². The minimum Gasteiger partial charge on any atom is -0.495 e. The number of aromatic nitrogens is 2. The Morgan fingerprint density at radius 2 is 2.18 bits per heavy atom. The second kappa shape index (κ2) is 4.67. The Bertz CT molecular complexity index is 537. The van der Waals surface area contributed by atoms with Crippen molar-refractivity contribution in [3.63, 3.8) is 0 Å². The first-order valence-electron chi connectivity index (χ1n) is 5.34. The van der Waals surface area contributed by atoms with Gasteiger partial charge in [0, 0.05) is 6.07 Å². The van der Waals surface area contributed by atoms with Crippen molar-refractivity contribution in [3.05, 3.63) is 35.0 Å². The van der Waals surface area contributed by atoms with Gasteiger partial charge in [-0.1, -0.05) is 18.5 Å². The van der Waals surface area contributed by atoms with Crippen molar-refractivity contribution in [2.75, 3.05) is 12.8 Å². The average molecular weight is 252 g/mol. The zero-order valence-electron chi connectivity index (χ0n) is 9.77. The predicted molar refractivity (Wildman–Crippen MR) is 68.9 cm³/mol. The lowest BCUT2D eigenvalue weighted by atomic mass is 10.3. The quantitative estimate of drug-likeness (QED) is 0.913. The van der Waals surface area contributed by atoms with Crippen molar-refractivity contribution in [1.29, 1.82) is 0 Å². The van der Waals surface area contributed by atoms with Crippen LogP contribution in [0, 0.1) is 0 Å². The molecule has 4 nitrogen and oxygen atoms in total. The highest BCUT2D eigenvalue weighted by Gasteiger charge is 2.08. The van der Waals surface area contributed by atoms with Crippen LogP contribution in [0.4, 0.5) is 5.82 Å². The van der Waals surface area contributed by atoms with Gasteiger partial charge in [-0.15, -0.1) is 0 Å². The van der Waals surface area contributed by atoms with E-state index in [0.717, 1.165) is 17.8 Å². The summed E-state index contributed by atoms with van der Waals surface area (Å²) in [5.41, 5.74) is 7.68. The van der Waals surface area contributed by atoms with Crippen molar-refractivity contribution < 1.29 is 4.74 Å². The number of rotatable bonds is 3. The molecular weight excluding hydrogens is 238 g/mol. The predicted octanol–water partition coefficient (Wildman–Crippen LogP) is 2.68. The number of nitrogens with zero attached hydrogens (tertiary/aromatic N) is 2. The molecule has 2 rings (SSSR count). The van der Waals surface area contributed by atoms with Crippen molar-refractivity contribution in [2.45, 2.75) is 13.3 Å². The number of nitrogen functional groups attached to an aromatic ring is 1. The maximum absolute atomic E-state index is 6.07. The van der Waals surface area contributed by atoms with Crippen LogP contribution in [0.25, 0.3) is 5.69 Å². The molecule has 17 heavy (non-hydrogen) atoms. The molecule has 0 aliphatic carbocycles. The second-order valence-electron chi connectivity index (χ2n) is 3.64. The molecule has 5 heteroatoms. The maximum atomic E-state index is 6.07. The van der Waals surface area contributed by atoms with Gasteiger partial charge in [0.25, 0.3) is 0 Å². The van der Waals surface area contributed by atoms with E-state index in [1.165, 1.54) is 0 Å². The molecule has 1 heterocycles. The molecule has 0 bridgehead atoms. The molecule has 0 unspecified atom stereocenters. The van der Waals surface area contributed by atoms with Crippen LogP contribution < -0.4 is 10.5 Å². The summed E-state index contributed by atoms with van der Waals surface area (Å²) in [5.74, 6) is 1.24. The van der Waals surface area contributed by atoms with Crippen LogP contribution in [-0.2, 0) is 6.42 Å². The largest absolute Gasteiger partial charge is 0.495 e. The van der Waals surface area contributed by atoms with Crippen LogP contribution in [0.2, 0.25) is 5.02 Å². The van der Waals surface area contributed by atoms with E-state index in [4.69, 9.17) is 22.1 Å². The molecule has 1 aromatic carbocycles. The Morgan fingerprint density at radius 3 is 2.71 bits per heavy atom. The second-order valence-corrected chi connectivity index (χ2v) is 4.05. The number of ether oxygens (including phenoxy) is 1. The molecular formula is C12H14ClN3O. The molecule has 0 saturated carbocycles. The topological polar surface area (TPSA) is 53.1 Å². The summed E-state index contributed by atoms with van der Waals surface area (Å²) in [4.78, 5) is 0. The minimum atomic E-state index is 0.540. The van der Waals surface area contributed by atoms with Gasteiger partial charge in [0.2, 0.25) is 0 Å². The molecule has 0 fully saturated rings. The minimum absolute atomic E-state index is 0.540. The Kier molecular flexibility index (Phi) is 3.24. The van der Waals surface area contributed by atoms with Gasteiger partial charge < -0.3 is 10.5 Å². The van der Waals surface area contributed by atoms with Crippen LogP contribution in [0.15, 0.2) is 24.3 Å². The van der Waals surface area contributed by atoms with E-state index in [0.29, 0.717) is 16.6 Å². The van der Waals surface area contributed by atoms with Crippen LogP contribution in [0.5, 0.6) is 5.75 Å². The standard InChI is InChI=1S/C12H14ClN3O/c1-3-8-6-12(14)16(15-8)9-4-5-11(17-2)10(13)7-9/h4-7H,3,14H2,1-2H3. The summed E-state index contributed by atoms with van der Waals surface area (Å²) in [5, 5.41) is 4.93. The average Bonchev–Trinajstić information content (AvgIpc) is 2.70. The molecule has 0 amide bonds. The van der Waals surface area contributed by atoms with Gasteiger partial charge in [0.05, 0.1) is 23.5 Å². The number of anilines is 1. The number of aryl methyl sites for hydroxylation is 1. The van der Waals surface area contributed by atoms with E-state index < -0.39 is 0 Å². The van der Waals surface area contributed by atoms with Gasteiger partial charge in [0.1, 0.15) is 11.6 Å². The lowest BCUT2D eigenvalue weighted by Gasteiger charge is -2.07. The SMILES string of the molecule is CCc1cc(N)n(-c2ccc(OC)c(Cl)c2)n1. The number of nitrogens with two attached hydrogens (primary N) is 1. The summed E-state index contributed by atoms with van der Waals surface area (Å²) in [6.07, 6.45) is 0.848. The summed E-state index contributed by atoms with van der Waals surface area (Å²) >= 11 is 6.07. The fourth-order valence-electron chi connectivity index (χ4n) is 1.61. The highest BCUT2D eigenvalue weighted by Crippen LogP contribution is 2.27. The molecule has 0 radical (unpaired) electrons. The highest BCUT2D eigenvalue weighted by atomic mass is 35.5. The first-order valence-corrected chi connectivity index (χ1v) is 5.71. The van der Waals surface area contributed by atoms with E-state index in [2.05, 4.69) is 5.10 Å². The first kappa shape index (κ1) is 11.8. The molecule has 0 spiro atoms. The fourth-order valence-corrected chi connectivity index (χ4v) is 1.87. The maximum Gasteiger partial charge on any atom is 0.137 e. The lowest BCUT2D eigenvalue weighted by Crippen LogP contribution is -2.02. The zero-order chi connectivity index (χ0) is 12.4. The summed E-state index contributed by atoms with van der Waals surface area (Å²) in [6.45, 7) is 2.03. The number of hydrogen-bond donors (Lipinski definition) is 1. The summed E-state index contributed by atoms with van der Waals surface area (Å²) in [7, 11) is 1.58. The van der Waals surface area contributed by atoms with Crippen LogP contribution >= 0.6 is 11.6 Å². The molecule has 0 saturated heterocycles. The Hall–Kier alpha value is -1.68. The molecule has 0 aliphatic rings. The monoisotopic (exact) mass is 251 g/mol. The number of hydrogen-bond acceptors (Lipinski definition) is 3. The highest BCUT2D eigenvalue weighted by molar-refractivity contribution is 6.32. The number of benzene rings is 1. The molecule has 2 aromatic rings. The van der Waals surface area contributed by atoms with E-state index in [1.54, 1.807) is 23.9 Å². The molecule has 0 aliphatic heterocycles. The van der Waals surface area contributed by atoms with Gasteiger partial charge >= 0.3 is 0 Å². The summed E-state index contributed by atoms with van der Waals surface area (Å²) < 4.78 is 6.77. The Balaban J connectivity index is 2.45. The third-order valence-corrected chi connectivity index (χ3v) is 2.83. The smallest absolute Gasteiger partial charge is 0.137 e. The number of halogens is 1. The van der Waals surface area contributed by atoms with Gasteiger partial charge in [-0.3, -0.25) is 0 Å². The normalized spacial score (nSPS) is 10.5. The number of methoxy groups -OCH3 is 1. The molecule has 0 atom stereocenters. The van der Waals surface area contributed by atoms with Gasteiger partial charge in [-0.2, -0.15) is 5.10 Å². The Labute approximate surface area is 105 Å². The van der Waals surface area contributed by atoms with E-state index in [1.807, 2.05) is 19.1 Å². The van der Waals surface area contributed by atoms with E-state index in [-0.39, 0.29) is 0 Å². The molecule has 90 valence electrons. The molecule has 1 aromatic heterocycles. The lowest BCUT2D eigenvalue weighted by molar-refractivity contribution is 0.415. The van der Waals surface area contributed by atoms with Crippen LogP contribution in [0.1, 0.15) is 12.6 Å². The van der Waals surface area contributed by atoms with E-state index in [9.17, 15) is 0 Å². The van der Waals surface area contributed by atoms with E-state index >= 15 is 0 Å². The summed E-state index contributed by atoms with van der Waals surface area (Å²) in [6, 6.07) is 7.30. The zero-order valence-corrected chi connectivity index (χ0v) is 10.5. The van der Waals surface area contributed by atoms with Crippen molar-refractivity contribution in [3.8, 4) is 11.4 Å². The van der Waals surface area contributed by atoms with Crippen LogP contribution in [-0.4, -0.2) is 16.9 Å². The van der Waals surface area contributed by atoms with Crippen molar-refractivity contribution in [1.82, 2.24) is 9.78 Å². The fraction of sp³-hybridized carbons (Fsp3) is 0.250. The van der Waals surface area contributed by atoms with Crippen LogP contribution in [0.3, 0.4) is 0 Å². The molecule has 2 N–H and O–H groups in total.